The smallest absolute Gasteiger partial charge is 0.254 e. The SMILES string of the molecule is CN(C)C(=O)c1cc(NCCCN)nc2ccccc12. The predicted molar refractivity (Wildman–Crippen MR) is 81.9 cm³/mol. The molecule has 0 spiro atoms. The topological polar surface area (TPSA) is 71.2 Å². The van der Waals surface area contributed by atoms with Gasteiger partial charge in [-0.2, -0.15) is 0 Å². The van der Waals surface area contributed by atoms with E-state index in [1.165, 1.54) is 0 Å². The lowest BCUT2D eigenvalue weighted by Crippen LogP contribution is -2.22. The van der Waals surface area contributed by atoms with Crippen molar-refractivity contribution in [2.45, 2.75) is 6.42 Å². The van der Waals surface area contributed by atoms with E-state index in [9.17, 15) is 4.79 Å². The molecule has 0 aliphatic carbocycles. The van der Waals surface area contributed by atoms with Crippen molar-refractivity contribution in [3.05, 3.63) is 35.9 Å². The van der Waals surface area contributed by atoms with Crippen LogP contribution in [0.25, 0.3) is 10.9 Å². The maximum absolute atomic E-state index is 12.3. The van der Waals surface area contributed by atoms with Crippen molar-refractivity contribution in [2.24, 2.45) is 5.73 Å². The van der Waals surface area contributed by atoms with Crippen molar-refractivity contribution in [3.8, 4) is 0 Å². The maximum atomic E-state index is 12.3. The Labute approximate surface area is 118 Å². The number of hydrogen-bond donors (Lipinski definition) is 2. The van der Waals surface area contributed by atoms with Crippen LogP contribution in [0.3, 0.4) is 0 Å². The number of fused-ring (bicyclic) bond motifs is 1. The first-order chi connectivity index (χ1) is 9.63. The summed E-state index contributed by atoms with van der Waals surface area (Å²) in [6.45, 7) is 1.38. The summed E-state index contributed by atoms with van der Waals surface area (Å²) in [5, 5.41) is 4.08. The fourth-order valence-corrected chi connectivity index (χ4v) is 2.00. The maximum Gasteiger partial charge on any atom is 0.254 e. The average Bonchev–Trinajstić information content (AvgIpc) is 2.46. The number of para-hydroxylation sites is 1. The monoisotopic (exact) mass is 272 g/mol. The number of nitrogens with one attached hydrogen (secondary N) is 1. The van der Waals surface area contributed by atoms with Crippen LogP contribution in [0.4, 0.5) is 5.82 Å². The molecular formula is C15H20N4O. The third-order valence-electron chi connectivity index (χ3n) is 3.04. The van der Waals surface area contributed by atoms with E-state index in [0.29, 0.717) is 17.9 Å². The Bertz CT molecular complexity index is 610. The molecule has 0 atom stereocenters. The third kappa shape index (κ3) is 3.05. The molecule has 1 heterocycles. The highest BCUT2D eigenvalue weighted by Crippen LogP contribution is 2.21. The van der Waals surface area contributed by atoms with Gasteiger partial charge in [-0.3, -0.25) is 4.79 Å². The molecule has 0 fully saturated rings. The second-order valence-electron chi connectivity index (χ2n) is 4.84. The second-order valence-corrected chi connectivity index (χ2v) is 4.84. The van der Waals surface area contributed by atoms with Gasteiger partial charge in [-0.1, -0.05) is 18.2 Å². The summed E-state index contributed by atoms with van der Waals surface area (Å²) in [4.78, 5) is 18.4. The molecule has 2 rings (SSSR count). The fourth-order valence-electron chi connectivity index (χ4n) is 2.00. The van der Waals surface area contributed by atoms with Gasteiger partial charge in [-0.25, -0.2) is 4.98 Å². The molecule has 2 aromatic rings. The minimum atomic E-state index is -0.0227. The Morgan fingerprint density at radius 1 is 1.35 bits per heavy atom. The van der Waals surface area contributed by atoms with Gasteiger partial charge >= 0.3 is 0 Å². The van der Waals surface area contributed by atoms with Crippen LogP contribution in [-0.4, -0.2) is 43.0 Å². The Morgan fingerprint density at radius 3 is 2.80 bits per heavy atom. The van der Waals surface area contributed by atoms with Crippen LogP contribution >= 0.6 is 0 Å². The minimum absolute atomic E-state index is 0.0227. The molecule has 3 N–H and O–H groups in total. The lowest BCUT2D eigenvalue weighted by atomic mass is 10.1. The summed E-state index contributed by atoms with van der Waals surface area (Å²) >= 11 is 0. The molecular weight excluding hydrogens is 252 g/mol. The third-order valence-corrected chi connectivity index (χ3v) is 3.04. The normalized spacial score (nSPS) is 10.6. The standard InChI is InChI=1S/C15H20N4O/c1-19(2)15(20)12-10-14(17-9-5-8-16)18-13-7-4-3-6-11(12)13/h3-4,6-7,10H,5,8-9,16H2,1-2H3,(H,17,18). The van der Waals surface area contributed by atoms with Gasteiger partial charge in [-0.05, 0) is 25.1 Å². The Kier molecular flexibility index (Phi) is 4.53. The summed E-state index contributed by atoms with van der Waals surface area (Å²) in [6.07, 6.45) is 0.867. The van der Waals surface area contributed by atoms with E-state index in [0.717, 1.165) is 23.9 Å². The largest absolute Gasteiger partial charge is 0.370 e. The first-order valence-electron chi connectivity index (χ1n) is 6.69. The molecule has 106 valence electrons. The van der Waals surface area contributed by atoms with Crippen LogP contribution < -0.4 is 11.1 Å². The molecule has 0 radical (unpaired) electrons. The first kappa shape index (κ1) is 14.3. The molecule has 0 saturated carbocycles. The molecule has 1 amide bonds. The van der Waals surface area contributed by atoms with Crippen molar-refractivity contribution >= 4 is 22.6 Å². The van der Waals surface area contributed by atoms with Crippen LogP contribution in [-0.2, 0) is 0 Å². The van der Waals surface area contributed by atoms with E-state index in [2.05, 4.69) is 10.3 Å². The van der Waals surface area contributed by atoms with Crippen molar-refractivity contribution in [1.29, 1.82) is 0 Å². The molecule has 20 heavy (non-hydrogen) atoms. The number of anilines is 1. The molecule has 5 heteroatoms. The molecule has 0 bridgehead atoms. The summed E-state index contributed by atoms with van der Waals surface area (Å²) in [7, 11) is 3.50. The summed E-state index contributed by atoms with van der Waals surface area (Å²) in [5.74, 6) is 0.688. The lowest BCUT2D eigenvalue weighted by molar-refractivity contribution is 0.0829. The zero-order chi connectivity index (χ0) is 14.5. The first-order valence-corrected chi connectivity index (χ1v) is 6.69. The highest BCUT2D eigenvalue weighted by Gasteiger charge is 2.14. The van der Waals surface area contributed by atoms with Crippen molar-refractivity contribution in [3.63, 3.8) is 0 Å². The Hall–Kier alpha value is -2.14. The quantitative estimate of drug-likeness (QED) is 0.813. The summed E-state index contributed by atoms with van der Waals surface area (Å²) in [5.41, 5.74) is 6.96. The lowest BCUT2D eigenvalue weighted by Gasteiger charge is -2.14. The van der Waals surface area contributed by atoms with Crippen LogP contribution in [0, 0.1) is 0 Å². The van der Waals surface area contributed by atoms with E-state index in [1.54, 1.807) is 25.1 Å². The number of nitrogens with two attached hydrogens (primary N) is 1. The van der Waals surface area contributed by atoms with E-state index < -0.39 is 0 Å². The van der Waals surface area contributed by atoms with Gasteiger partial charge < -0.3 is 16.0 Å². The molecule has 5 nitrogen and oxygen atoms in total. The van der Waals surface area contributed by atoms with Crippen LogP contribution in [0.15, 0.2) is 30.3 Å². The van der Waals surface area contributed by atoms with E-state index in [1.807, 2.05) is 24.3 Å². The minimum Gasteiger partial charge on any atom is -0.370 e. The van der Waals surface area contributed by atoms with Gasteiger partial charge in [0.15, 0.2) is 0 Å². The molecule has 0 unspecified atom stereocenters. The van der Waals surface area contributed by atoms with Crippen LogP contribution in [0.5, 0.6) is 0 Å². The number of amides is 1. The van der Waals surface area contributed by atoms with Gasteiger partial charge in [0.1, 0.15) is 5.82 Å². The number of pyridine rings is 1. The van der Waals surface area contributed by atoms with Crippen molar-refractivity contribution in [2.75, 3.05) is 32.5 Å². The summed E-state index contributed by atoms with van der Waals surface area (Å²) in [6, 6.07) is 9.47. The molecule has 0 aliphatic rings. The van der Waals surface area contributed by atoms with Crippen LogP contribution in [0.1, 0.15) is 16.8 Å². The molecule has 0 aliphatic heterocycles. The van der Waals surface area contributed by atoms with Crippen molar-refractivity contribution < 1.29 is 4.79 Å². The zero-order valence-electron chi connectivity index (χ0n) is 11.9. The number of nitrogens with zero attached hydrogens (tertiary/aromatic N) is 2. The van der Waals surface area contributed by atoms with E-state index >= 15 is 0 Å². The van der Waals surface area contributed by atoms with E-state index in [-0.39, 0.29) is 5.91 Å². The number of hydrogen-bond acceptors (Lipinski definition) is 4. The van der Waals surface area contributed by atoms with Gasteiger partial charge in [0.05, 0.1) is 11.1 Å². The van der Waals surface area contributed by atoms with Gasteiger partial charge in [0.25, 0.3) is 5.91 Å². The summed E-state index contributed by atoms with van der Waals surface area (Å²) < 4.78 is 0. The Morgan fingerprint density at radius 2 is 2.10 bits per heavy atom. The number of carbonyl (C=O) groups is 1. The van der Waals surface area contributed by atoms with E-state index in [4.69, 9.17) is 5.73 Å². The highest BCUT2D eigenvalue weighted by atomic mass is 16.2. The second kappa shape index (κ2) is 6.34. The predicted octanol–water partition coefficient (Wildman–Crippen LogP) is 1.70. The molecule has 0 saturated heterocycles. The number of benzene rings is 1. The zero-order valence-corrected chi connectivity index (χ0v) is 11.9. The van der Waals surface area contributed by atoms with Crippen molar-refractivity contribution in [1.82, 2.24) is 9.88 Å². The number of carbonyl (C=O) groups excluding carboxylic acids is 1. The van der Waals surface area contributed by atoms with Gasteiger partial charge in [0.2, 0.25) is 0 Å². The Balaban J connectivity index is 2.44. The van der Waals surface area contributed by atoms with Gasteiger partial charge in [0, 0.05) is 26.0 Å². The average molecular weight is 272 g/mol. The number of aromatic nitrogens is 1. The van der Waals surface area contributed by atoms with Gasteiger partial charge in [-0.15, -0.1) is 0 Å². The number of rotatable bonds is 5. The molecule has 1 aromatic heterocycles. The molecule has 1 aromatic carbocycles. The highest BCUT2D eigenvalue weighted by molar-refractivity contribution is 6.06. The van der Waals surface area contributed by atoms with Crippen LogP contribution in [0.2, 0.25) is 0 Å². The fraction of sp³-hybridized carbons (Fsp3) is 0.333.